The number of carboxylic acid groups (broad SMARTS) is 1. The van der Waals surface area contributed by atoms with Crippen molar-refractivity contribution in [3.05, 3.63) is 11.3 Å². The van der Waals surface area contributed by atoms with Gasteiger partial charge in [-0.25, -0.2) is 4.79 Å². The van der Waals surface area contributed by atoms with Crippen LogP contribution in [0.3, 0.4) is 0 Å². The zero-order valence-electron chi connectivity index (χ0n) is 5.76. The zero-order valence-corrected chi connectivity index (χ0v) is 5.76. The Bertz CT molecular complexity index is 146. The van der Waals surface area contributed by atoms with E-state index >= 15 is 0 Å². The predicted octanol–water partition coefficient (Wildman–Crippen LogP) is 1.01. The van der Waals surface area contributed by atoms with Crippen LogP contribution < -0.4 is 0 Å². The van der Waals surface area contributed by atoms with Crippen molar-refractivity contribution < 1.29 is 14.6 Å². The lowest BCUT2D eigenvalue weighted by Crippen LogP contribution is -2.00. The molecule has 0 bridgehead atoms. The number of hydrogen-bond donors (Lipinski definition) is 1. The maximum absolute atomic E-state index is 10.2. The predicted molar refractivity (Wildman–Crippen MR) is 33.0 cm³/mol. The molecule has 0 saturated carbocycles. The van der Waals surface area contributed by atoms with E-state index in [1.807, 2.05) is 0 Å². The number of ether oxygens (including phenoxy) is 1. The fraction of sp³-hybridized carbons (Fsp3) is 0.500. The highest BCUT2D eigenvalue weighted by Crippen LogP contribution is 2.02. The number of allylic oxidation sites excluding steroid dienone is 1. The Morgan fingerprint density at radius 2 is 1.89 bits per heavy atom. The molecular formula is C6H10O3. The standard InChI is InChI=1S/C6H10O3/c1-4(6(7)8)5(2)9-3/h1-3H3,(H,7,8). The Morgan fingerprint density at radius 3 is 2.00 bits per heavy atom. The molecule has 9 heavy (non-hydrogen) atoms. The molecule has 3 heteroatoms. The van der Waals surface area contributed by atoms with E-state index in [9.17, 15) is 4.79 Å². The monoisotopic (exact) mass is 130 g/mol. The third-order valence-corrected chi connectivity index (χ3v) is 1.16. The van der Waals surface area contributed by atoms with Crippen LogP contribution in [0, 0.1) is 0 Å². The first-order valence-electron chi connectivity index (χ1n) is 2.54. The van der Waals surface area contributed by atoms with E-state index < -0.39 is 5.97 Å². The molecule has 0 atom stereocenters. The number of carbonyl (C=O) groups is 1. The third-order valence-electron chi connectivity index (χ3n) is 1.16. The van der Waals surface area contributed by atoms with Gasteiger partial charge in [-0.05, 0) is 13.8 Å². The minimum atomic E-state index is -0.936. The third kappa shape index (κ3) is 2.17. The van der Waals surface area contributed by atoms with Gasteiger partial charge < -0.3 is 9.84 Å². The second kappa shape index (κ2) is 3.12. The van der Waals surface area contributed by atoms with Crippen molar-refractivity contribution in [2.75, 3.05) is 7.11 Å². The molecule has 0 saturated heterocycles. The van der Waals surface area contributed by atoms with Crippen LogP contribution >= 0.6 is 0 Å². The minimum absolute atomic E-state index is 0.248. The van der Waals surface area contributed by atoms with Crippen molar-refractivity contribution in [1.29, 1.82) is 0 Å². The van der Waals surface area contributed by atoms with Gasteiger partial charge in [0.25, 0.3) is 0 Å². The van der Waals surface area contributed by atoms with Crippen LogP contribution in [-0.2, 0) is 9.53 Å². The van der Waals surface area contributed by atoms with Crippen molar-refractivity contribution in [2.24, 2.45) is 0 Å². The van der Waals surface area contributed by atoms with Gasteiger partial charge in [0, 0.05) is 0 Å². The first kappa shape index (κ1) is 8.01. The number of hydrogen-bond acceptors (Lipinski definition) is 2. The summed E-state index contributed by atoms with van der Waals surface area (Å²) < 4.78 is 4.67. The van der Waals surface area contributed by atoms with Crippen LogP contribution in [0.4, 0.5) is 0 Å². The lowest BCUT2D eigenvalue weighted by Gasteiger charge is -1.99. The molecule has 0 fully saturated rings. The van der Waals surface area contributed by atoms with Gasteiger partial charge in [0.2, 0.25) is 0 Å². The lowest BCUT2D eigenvalue weighted by molar-refractivity contribution is -0.132. The number of methoxy groups -OCH3 is 1. The van der Waals surface area contributed by atoms with Crippen LogP contribution in [0.5, 0.6) is 0 Å². The van der Waals surface area contributed by atoms with Gasteiger partial charge in [-0.2, -0.15) is 0 Å². The van der Waals surface area contributed by atoms with Crippen molar-refractivity contribution >= 4 is 5.97 Å². The van der Waals surface area contributed by atoms with Crippen LogP contribution in [0.25, 0.3) is 0 Å². The van der Waals surface area contributed by atoms with E-state index in [0.717, 1.165) is 0 Å². The van der Waals surface area contributed by atoms with Gasteiger partial charge in [-0.15, -0.1) is 0 Å². The fourth-order valence-corrected chi connectivity index (χ4v) is 0.304. The number of rotatable bonds is 2. The average Bonchev–Trinajstić information content (AvgIpc) is 1.84. The SMILES string of the molecule is COC(C)=C(C)C(=O)O. The van der Waals surface area contributed by atoms with Crippen molar-refractivity contribution in [1.82, 2.24) is 0 Å². The molecule has 0 aromatic heterocycles. The van der Waals surface area contributed by atoms with Gasteiger partial charge in [0.1, 0.15) is 5.76 Å². The second-order valence-corrected chi connectivity index (χ2v) is 1.69. The summed E-state index contributed by atoms with van der Waals surface area (Å²) in [5.41, 5.74) is 0.248. The summed E-state index contributed by atoms with van der Waals surface area (Å²) in [6.07, 6.45) is 0. The molecule has 0 spiro atoms. The quantitative estimate of drug-likeness (QED) is 0.448. The van der Waals surface area contributed by atoms with Crippen LogP contribution in [0.2, 0.25) is 0 Å². The summed E-state index contributed by atoms with van der Waals surface area (Å²) in [6.45, 7) is 3.12. The molecular weight excluding hydrogens is 120 g/mol. The van der Waals surface area contributed by atoms with Crippen LogP contribution in [-0.4, -0.2) is 18.2 Å². The lowest BCUT2D eigenvalue weighted by atomic mass is 10.3. The highest BCUT2D eigenvalue weighted by Gasteiger charge is 2.03. The van der Waals surface area contributed by atoms with Gasteiger partial charge in [-0.1, -0.05) is 0 Å². The molecule has 1 N–H and O–H groups in total. The fourth-order valence-electron chi connectivity index (χ4n) is 0.304. The molecule has 0 rings (SSSR count). The largest absolute Gasteiger partial charge is 0.501 e. The van der Waals surface area contributed by atoms with Gasteiger partial charge in [0.15, 0.2) is 0 Å². The number of carboxylic acids is 1. The molecule has 0 aromatic carbocycles. The summed E-state index contributed by atoms with van der Waals surface area (Å²) in [6, 6.07) is 0. The molecule has 0 aromatic rings. The second-order valence-electron chi connectivity index (χ2n) is 1.69. The van der Waals surface area contributed by atoms with E-state index in [4.69, 9.17) is 5.11 Å². The molecule has 0 heterocycles. The Kier molecular flexibility index (Phi) is 2.78. The molecule has 0 aliphatic heterocycles. The molecule has 0 amide bonds. The summed E-state index contributed by atoms with van der Waals surface area (Å²) in [7, 11) is 1.45. The summed E-state index contributed by atoms with van der Waals surface area (Å²) in [4.78, 5) is 10.2. The van der Waals surface area contributed by atoms with Crippen LogP contribution in [0.1, 0.15) is 13.8 Å². The Balaban J connectivity index is 4.28. The zero-order chi connectivity index (χ0) is 7.44. The molecule has 0 aliphatic rings. The molecule has 52 valence electrons. The first-order valence-corrected chi connectivity index (χ1v) is 2.54. The maximum atomic E-state index is 10.2. The Morgan fingerprint density at radius 1 is 1.44 bits per heavy atom. The molecule has 3 nitrogen and oxygen atoms in total. The van der Waals surface area contributed by atoms with Gasteiger partial charge in [-0.3, -0.25) is 0 Å². The maximum Gasteiger partial charge on any atom is 0.334 e. The molecule has 0 radical (unpaired) electrons. The molecule has 0 aliphatic carbocycles. The van der Waals surface area contributed by atoms with Crippen LogP contribution in [0.15, 0.2) is 11.3 Å². The smallest absolute Gasteiger partial charge is 0.334 e. The van der Waals surface area contributed by atoms with Gasteiger partial charge in [0.05, 0.1) is 12.7 Å². The van der Waals surface area contributed by atoms with Gasteiger partial charge >= 0.3 is 5.97 Å². The Labute approximate surface area is 53.9 Å². The summed E-state index contributed by atoms with van der Waals surface area (Å²) in [5.74, 6) is -0.489. The topological polar surface area (TPSA) is 46.5 Å². The summed E-state index contributed by atoms with van der Waals surface area (Å²) in [5, 5.41) is 8.35. The highest BCUT2D eigenvalue weighted by atomic mass is 16.5. The van der Waals surface area contributed by atoms with Crippen molar-refractivity contribution in [2.45, 2.75) is 13.8 Å². The normalized spacial score (nSPS) is 12.3. The van der Waals surface area contributed by atoms with E-state index in [1.165, 1.54) is 14.0 Å². The minimum Gasteiger partial charge on any atom is -0.501 e. The molecule has 0 unspecified atom stereocenters. The number of aliphatic carboxylic acids is 1. The van der Waals surface area contributed by atoms with Crippen molar-refractivity contribution in [3.8, 4) is 0 Å². The van der Waals surface area contributed by atoms with E-state index in [-0.39, 0.29) is 5.57 Å². The van der Waals surface area contributed by atoms with E-state index in [1.54, 1.807) is 6.92 Å². The Hall–Kier alpha value is -0.990. The summed E-state index contributed by atoms with van der Waals surface area (Å²) >= 11 is 0. The van der Waals surface area contributed by atoms with E-state index in [2.05, 4.69) is 4.74 Å². The van der Waals surface area contributed by atoms with Crippen molar-refractivity contribution in [3.63, 3.8) is 0 Å². The first-order chi connectivity index (χ1) is 4.09. The average molecular weight is 130 g/mol. The van der Waals surface area contributed by atoms with E-state index in [0.29, 0.717) is 5.76 Å². The highest BCUT2D eigenvalue weighted by molar-refractivity contribution is 5.86.